The summed E-state index contributed by atoms with van der Waals surface area (Å²) in [5.41, 5.74) is 2.29. The summed E-state index contributed by atoms with van der Waals surface area (Å²) in [5, 5.41) is 9.00. The molecule has 0 bridgehead atoms. The van der Waals surface area contributed by atoms with E-state index < -0.39 is 0 Å². The van der Waals surface area contributed by atoms with Crippen LogP contribution in [0.3, 0.4) is 0 Å². The second-order valence-corrected chi connectivity index (χ2v) is 4.52. The molecule has 0 unspecified atom stereocenters. The Morgan fingerprint density at radius 2 is 2.07 bits per heavy atom. The zero-order valence-corrected chi connectivity index (χ0v) is 9.66. The van der Waals surface area contributed by atoms with Gasteiger partial charge < -0.3 is 9.67 Å². The highest BCUT2D eigenvalue weighted by molar-refractivity contribution is 5.18. The lowest BCUT2D eigenvalue weighted by Gasteiger charge is -2.10. The Kier molecular flexibility index (Phi) is 3.10. The largest absolute Gasteiger partial charge is 0.396 e. The Balaban J connectivity index is 2.27. The summed E-state index contributed by atoms with van der Waals surface area (Å²) in [6, 6.07) is 0. The molecule has 84 valence electrons. The van der Waals surface area contributed by atoms with E-state index in [9.17, 15) is 0 Å². The standard InChI is InChI=1S/C12H20N2O/c1-9-11(7-8-15)14(2)12(13-9)10-5-3-4-6-10/h10,15H,3-8H2,1-2H3. The maximum atomic E-state index is 9.00. The lowest BCUT2D eigenvalue weighted by Crippen LogP contribution is -2.06. The number of hydrogen-bond donors (Lipinski definition) is 1. The van der Waals surface area contributed by atoms with E-state index in [1.165, 1.54) is 37.2 Å². The molecule has 0 radical (unpaired) electrons. The van der Waals surface area contributed by atoms with Gasteiger partial charge in [-0.2, -0.15) is 0 Å². The van der Waals surface area contributed by atoms with Crippen molar-refractivity contribution >= 4 is 0 Å². The van der Waals surface area contributed by atoms with Crippen LogP contribution in [0.1, 0.15) is 48.8 Å². The highest BCUT2D eigenvalue weighted by Crippen LogP contribution is 2.34. The Morgan fingerprint density at radius 3 is 2.67 bits per heavy atom. The fourth-order valence-electron chi connectivity index (χ4n) is 2.70. The Morgan fingerprint density at radius 1 is 1.40 bits per heavy atom. The summed E-state index contributed by atoms with van der Waals surface area (Å²) in [5.74, 6) is 1.88. The monoisotopic (exact) mass is 208 g/mol. The summed E-state index contributed by atoms with van der Waals surface area (Å²) in [6.07, 6.45) is 5.96. The molecular weight excluding hydrogens is 188 g/mol. The first kappa shape index (κ1) is 10.7. The molecule has 0 amide bonds. The van der Waals surface area contributed by atoms with Crippen LogP contribution in [0.25, 0.3) is 0 Å². The summed E-state index contributed by atoms with van der Waals surface area (Å²) in [7, 11) is 2.08. The van der Waals surface area contributed by atoms with Crippen LogP contribution < -0.4 is 0 Å². The van der Waals surface area contributed by atoms with Crippen LogP contribution in [0.5, 0.6) is 0 Å². The van der Waals surface area contributed by atoms with Crippen LogP contribution in [-0.4, -0.2) is 21.3 Å². The number of aromatic nitrogens is 2. The topological polar surface area (TPSA) is 38.0 Å². The SMILES string of the molecule is Cc1nc(C2CCCC2)n(C)c1CCO. The van der Waals surface area contributed by atoms with E-state index in [-0.39, 0.29) is 6.61 Å². The molecule has 0 aromatic carbocycles. The van der Waals surface area contributed by atoms with Gasteiger partial charge in [-0.25, -0.2) is 4.98 Å². The Labute approximate surface area is 91.1 Å². The van der Waals surface area contributed by atoms with Gasteiger partial charge in [-0.05, 0) is 19.8 Å². The van der Waals surface area contributed by atoms with Gasteiger partial charge in [0.25, 0.3) is 0 Å². The molecule has 1 aliphatic carbocycles. The molecular formula is C12H20N2O. The maximum absolute atomic E-state index is 9.00. The highest BCUT2D eigenvalue weighted by atomic mass is 16.3. The van der Waals surface area contributed by atoms with Crippen molar-refractivity contribution < 1.29 is 5.11 Å². The van der Waals surface area contributed by atoms with Gasteiger partial charge in [0.2, 0.25) is 0 Å². The quantitative estimate of drug-likeness (QED) is 0.824. The minimum absolute atomic E-state index is 0.213. The predicted octanol–water partition coefficient (Wildman–Crippen LogP) is 1.92. The van der Waals surface area contributed by atoms with Crippen LogP contribution in [0.4, 0.5) is 0 Å². The van der Waals surface area contributed by atoms with Crippen molar-refractivity contribution in [1.29, 1.82) is 0 Å². The van der Waals surface area contributed by atoms with Crippen LogP contribution in [0, 0.1) is 6.92 Å². The van der Waals surface area contributed by atoms with Crippen molar-refractivity contribution in [3.63, 3.8) is 0 Å². The third-order valence-corrected chi connectivity index (χ3v) is 3.52. The summed E-state index contributed by atoms with van der Waals surface area (Å²) in [6.45, 7) is 2.26. The van der Waals surface area contributed by atoms with Gasteiger partial charge in [-0.3, -0.25) is 0 Å². The Hall–Kier alpha value is -0.830. The summed E-state index contributed by atoms with van der Waals surface area (Å²) >= 11 is 0. The number of aliphatic hydroxyl groups excluding tert-OH is 1. The lowest BCUT2D eigenvalue weighted by molar-refractivity contribution is 0.296. The Bertz CT molecular complexity index is 338. The minimum Gasteiger partial charge on any atom is -0.396 e. The number of imidazole rings is 1. The van der Waals surface area contributed by atoms with Gasteiger partial charge in [0, 0.05) is 31.7 Å². The van der Waals surface area contributed by atoms with E-state index in [1.54, 1.807) is 0 Å². The molecule has 0 spiro atoms. The van der Waals surface area contributed by atoms with E-state index in [4.69, 9.17) is 5.11 Å². The molecule has 0 aliphatic heterocycles. The fourth-order valence-corrected chi connectivity index (χ4v) is 2.70. The van der Waals surface area contributed by atoms with E-state index >= 15 is 0 Å². The molecule has 15 heavy (non-hydrogen) atoms. The minimum atomic E-state index is 0.213. The summed E-state index contributed by atoms with van der Waals surface area (Å²) < 4.78 is 2.20. The van der Waals surface area contributed by atoms with E-state index in [2.05, 4.69) is 16.6 Å². The predicted molar refractivity (Wildman–Crippen MR) is 59.9 cm³/mol. The smallest absolute Gasteiger partial charge is 0.112 e. The van der Waals surface area contributed by atoms with Crippen LogP contribution >= 0.6 is 0 Å². The molecule has 3 heteroatoms. The van der Waals surface area contributed by atoms with Crippen molar-refractivity contribution in [3.05, 3.63) is 17.2 Å². The van der Waals surface area contributed by atoms with E-state index in [1.807, 2.05) is 6.92 Å². The number of aryl methyl sites for hydroxylation is 1. The first-order valence-electron chi connectivity index (χ1n) is 5.87. The third kappa shape index (κ3) is 1.93. The second-order valence-electron chi connectivity index (χ2n) is 4.52. The van der Waals surface area contributed by atoms with Crippen LogP contribution in [-0.2, 0) is 13.5 Å². The molecule has 2 rings (SSSR count). The molecule has 1 aliphatic rings. The van der Waals surface area contributed by atoms with E-state index in [0.29, 0.717) is 5.92 Å². The maximum Gasteiger partial charge on any atom is 0.112 e. The number of hydrogen-bond acceptors (Lipinski definition) is 2. The first-order chi connectivity index (χ1) is 7.24. The molecule has 1 aromatic heterocycles. The third-order valence-electron chi connectivity index (χ3n) is 3.52. The fraction of sp³-hybridized carbons (Fsp3) is 0.750. The van der Waals surface area contributed by atoms with Crippen molar-refractivity contribution in [3.8, 4) is 0 Å². The van der Waals surface area contributed by atoms with Crippen LogP contribution in [0.15, 0.2) is 0 Å². The molecule has 1 fully saturated rings. The average Bonchev–Trinajstić information content (AvgIpc) is 2.81. The van der Waals surface area contributed by atoms with Crippen LogP contribution in [0.2, 0.25) is 0 Å². The second kappa shape index (κ2) is 4.35. The van der Waals surface area contributed by atoms with Gasteiger partial charge in [0.15, 0.2) is 0 Å². The average molecular weight is 208 g/mol. The zero-order chi connectivity index (χ0) is 10.8. The molecule has 0 saturated heterocycles. The van der Waals surface area contributed by atoms with Crippen molar-refractivity contribution in [1.82, 2.24) is 9.55 Å². The highest BCUT2D eigenvalue weighted by Gasteiger charge is 2.23. The molecule has 3 nitrogen and oxygen atoms in total. The summed E-state index contributed by atoms with van der Waals surface area (Å²) in [4.78, 5) is 4.66. The number of nitrogens with zero attached hydrogens (tertiary/aromatic N) is 2. The molecule has 0 atom stereocenters. The molecule has 1 aromatic rings. The zero-order valence-electron chi connectivity index (χ0n) is 9.66. The number of rotatable bonds is 3. The van der Waals surface area contributed by atoms with Gasteiger partial charge in [-0.15, -0.1) is 0 Å². The molecule has 1 saturated carbocycles. The van der Waals surface area contributed by atoms with Crippen molar-refractivity contribution in [2.75, 3.05) is 6.61 Å². The van der Waals surface area contributed by atoms with E-state index in [0.717, 1.165) is 12.1 Å². The molecule has 1 heterocycles. The lowest BCUT2D eigenvalue weighted by atomic mass is 10.1. The first-order valence-corrected chi connectivity index (χ1v) is 5.87. The van der Waals surface area contributed by atoms with Crippen molar-refractivity contribution in [2.24, 2.45) is 7.05 Å². The van der Waals surface area contributed by atoms with Gasteiger partial charge in [-0.1, -0.05) is 12.8 Å². The number of aliphatic hydroxyl groups is 1. The molecule has 1 N–H and O–H groups in total. The van der Waals surface area contributed by atoms with Gasteiger partial charge >= 0.3 is 0 Å². The van der Waals surface area contributed by atoms with Gasteiger partial charge in [0.1, 0.15) is 5.82 Å². The normalized spacial score (nSPS) is 17.5. The van der Waals surface area contributed by atoms with Crippen molar-refractivity contribution in [2.45, 2.75) is 44.9 Å². The van der Waals surface area contributed by atoms with Gasteiger partial charge in [0.05, 0.1) is 5.69 Å².